The summed E-state index contributed by atoms with van der Waals surface area (Å²) in [5, 5.41) is 0. The van der Waals surface area contributed by atoms with E-state index in [1.807, 2.05) is 4.90 Å². The summed E-state index contributed by atoms with van der Waals surface area (Å²) in [4.78, 5) is 6.46. The van der Waals surface area contributed by atoms with Gasteiger partial charge in [0.2, 0.25) is 0 Å². The van der Waals surface area contributed by atoms with E-state index in [2.05, 4.69) is 4.98 Å². The van der Waals surface area contributed by atoms with Gasteiger partial charge >= 0.3 is 0 Å². The summed E-state index contributed by atoms with van der Waals surface area (Å²) in [7, 11) is -3.24. The molecule has 0 unspecified atom stereocenters. The first-order chi connectivity index (χ1) is 8.40. The number of pyridine rings is 1. The van der Waals surface area contributed by atoms with E-state index in [1.54, 1.807) is 18.3 Å². The lowest BCUT2D eigenvalue weighted by Gasteiger charge is -2.49. The van der Waals surface area contributed by atoms with Crippen molar-refractivity contribution in [2.75, 3.05) is 24.2 Å². The van der Waals surface area contributed by atoms with E-state index in [0.29, 0.717) is 29.7 Å². The zero-order valence-corrected chi connectivity index (χ0v) is 11.2. The molecule has 6 heteroatoms. The molecule has 5 nitrogen and oxygen atoms in total. The van der Waals surface area contributed by atoms with Gasteiger partial charge in [0.05, 0.1) is 5.54 Å². The Labute approximate surface area is 107 Å². The fourth-order valence-electron chi connectivity index (χ4n) is 2.64. The molecule has 0 atom stereocenters. The Morgan fingerprint density at radius 2 is 2.11 bits per heavy atom. The van der Waals surface area contributed by atoms with Crippen LogP contribution in [0.2, 0.25) is 0 Å². The standard InChI is InChI=1S/C12H17N3O2S/c1-18(16,17)10-3-2-6-14-11(10)15-7-12(13,8-15)9-4-5-9/h2-3,6,9H,4-5,7-8,13H2,1H3. The molecular weight excluding hydrogens is 250 g/mol. The third kappa shape index (κ3) is 1.89. The van der Waals surface area contributed by atoms with Crippen LogP contribution < -0.4 is 10.6 Å². The van der Waals surface area contributed by atoms with E-state index in [9.17, 15) is 8.42 Å². The summed E-state index contributed by atoms with van der Waals surface area (Å²) in [6.45, 7) is 1.41. The fraction of sp³-hybridized carbons (Fsp3) is 0.583. The molecule has 0 aromatic carbocycles. The Morgan fingerprint density at radius 3 is 2.67 bits per heavy atom. The van der Waals surface area contributed by atoms with Crippen molar-refractivity contribution < 1.29 is 8.42 Å². The molecule has 0 amide bonds. The van der Waals surface area contributed by atoms with Crippen LogP contribution in [0, 0.1) is 5.92 Å². The second kappa shape index (κ2) is 3.68. The molecule has 0 bridgehead atoms. The molecule has 1 saturated carbocycles. The van der Waals surface area contributed by atoms with Crippen LogP contribution in [-0.4, -0.2) is 38.3 Å². The highest BCUT2D eigenvalue weighted by molar-refractivity contribution is 7.90. The van der Waals surface area contributed by atoms with E-state index in [1.165, 1.54) is 19.1 Å². The zero-order chi connectivity index (χ0) is 13.0. The van der Waals surface area contributed by atoms with Crippen molar-refractivity contribution in [3.05, 3.63) is 18.3 Å². The normalized spacial score (nSPS) is 22.7. The Balaban J connectivity index is 1.86. The second-order valence-corrected chi connectivity index (χ2v) is 7.44. The van der Waals surface area contributed by atoms with Crippen molar-refractivity contribution in [3.8, 4) is 0 Å². The quantitative estimate of drug-likeness (QED) is 0.858. The van der Waals surface area contributed by atoms with Gasteiger partial charge in [0, 0.05) is 25.5 Å². The molecule has 2 heterocycles. The molecular formula is C12H17N3O2S. The Morgan fingerprint density at radius 1 is 1.44 bits per heavy atom. The molecule has 1 aliphatic carbocycles. The van der Waals surface area contributed by atoms with E-state index in [4.69, 9.17) is 5.73 Å². The number of nitrogens with zero attached hydrogens (tertiary/aromatic N) is 2. The fourth-order valence-corrected chi connectivity index (χ4v) is 3.48. The van der Waals surface area contributed by atoms with Gasteiger partial charge < -0.3 is 10.6 Å². The maximum absolute atomic E-state index is 11.7. The van der Waals surface area contributed by atoms with Gasteiger partial charge in [-0.25, -0.2) is 13.4 Å². The van der Waals surface area contributed by atoms with Gasteiger partial charge in [0.25, 0.3) is 0 Å². The first-order valence-corrected chi connectivity index (χ1v) is 7.98. The van der Waals surface area contributed by atoms with Crippen LogP contribution in [0.5, 0.6) is 0 Å². The molecule has 2 N–H and O–H groups in total. The summed E-state index contributed by atoms with van der Waals surface area (Å²) in [5.41, 5.74) is 6.14. The predicted octanol–water partition coefficient (Wildman–Crippen LogP) is 0.413. The van der Waals surface area contributed by atoms with Gasteiger partial charge in [-0.15, -0.1) is 0 Å². The summed E-state index contributed by atoms with van der Waals surface area (Å²) in [6.07, 6.45) is 5.23. The molecule has 1 aromatic rings. The Hall–Kier alpha value is -1.14. The van der Waals surface area contributed by atoms with Crippen LogP contribution >= 0.6 is 0 Å². The first kappa shape index (κ1) is 11.9. The van der Waals surface area contributed by atoms with Crippen LogP contribution in [0.3, 0.4) is 0 Å². The highest BCUT2D eigenvalue weighted by Gasteiger charge is 2.51. The summed E-state index contributed by atoms with van der Waals surface area (Å²) in [5.74, 6) is 1.15. The maximum atomic E-state index is 11.7. The van der Waals surface area contributed by atoms with Crippen molar-refractivity contribution in [1.82, 2.24) is 4.98 Å². The predicted molar refractivity (Wildman–Crippen MR) is 69.2 cm³/mol. The molecule has 18 heavy (non-hydrogen) atoms. The van der Waals surface area contributed by atoms with Gasteiger partial charge in [0.1, 0.15) is 10.7 Å². The highest BCUT2D eigenvalue weighted by atomic mass is 32.2. The van der Waals surface area contributed by atoms with Crippen molar-refractivity contribution >= 4 is 15.7 Å². The molecule has 0 radical (unpaired) electrons. The molecule has 3 rings (SSSR count). The SMILES string of the molecule is CS(=O)(=O)c1cccnc1N1CC(N)(C2CC2)C1. The van der Waals surface area contributed by atoms with Crippen molar-refractivity contribution in [2.45, 2.75) is 23.3 Å². The molecule has 2 aliphatic rings. The topological polar surface area (TPSA) is 76.3 Å². The number of sulfone groups is 1. The van der Waals surface area contributed by atoms with E-state index >= 15 is 0 Å². The van der Waals surface area contributed by atoms with Gasteiger partial charge in [-0.3, -0.25) is 0 Å². The zero-order valence-electron chi connectivity index (χ0n) is 10.3. The number of hydrogen-bond donors (Lipinski definition) is 1. The molecule has 2 fully saturated rings. The second-order valence-electron chi connectivity index (χ2n) is 5.46. The highest BCUT2D eigenvalue weighted by Crippen LogP contribution is 2.44. The van der Waals surface area contributed by atoms with E-state index in [-0.39, 0.29) is 5.54 Å². The lowest BCUT2D eigenvalue weighted by atomic mass is 9.86. The first-order valence-electron chi connectivity index (χ1n) is 6.09. The van der Waals surface area contributed by atoms with Crippen LogP contribution in [0.1, 0.15) is 12.8 Å². The van der Waals surface area contributed by atoms with Crippen LogP contribution in [-0.2, 0) is 9.84 Å². The lowest BCUT2D eigenvalue weighted by molar-refractivity contribution is 0.288. The van der Waals surface area contributed by atoms with Crippen LogP contribution in [0.25, 0.3) is 0 Å². The number of nitrogens with two attached hydrogens (primary N) is 1. The van der Waals surface area contributed by atoms with Crippen LogP contribution in [0.15, 0.2) is 23.2 Å². The number of anilines is 1. The van der Waals surface area contributed by atoms with Gasteiger partial charge in [-0.2, -0.15) is 0 Å². The molecule has 1 saturated heterocycles. The third-order valence-electron chi connectivity index (χ3n) is 3.81. The van der Waals surface area contributed by atoms with E-state index < -0.39 is 9.84 Å². The Bertz CT molecular complexity index is 575. The lowest BCUT2D eigenvalue weighted by Crippen LogP contribution is -2.69. The number of rotatable bonds is 3. The average Bonchev–Trinajstić information content (AvgIpc) is 3.07. The van der Waals surface area contributed by atoms with Crippen molar-refractivity contribution in [2.24, 2.45) is 11.7 Å². The minimum absolute atomic E-state index is 0.133. The molecule has 98 valence electrons. The van der Waals surface area contributed by atoms with Gasteiger partial charge in [-0.1, -0.05) is 0 Å². The maximum Gasteiger partial charge on any atom is 0.179 e. The van der Waals surface area contributed by atoms with Crippen molar-refractivity contribution in [3.63, 3.8) is 0 Å². The van der Waals surface area contributed by atoms with Gasteiger partial charge in [-0.05, 0) is 30.9 Å². The van der Waals surface area contributed by atoms with Gasteiger partial charge in [0.15, 0.2) is 9.84 Å². The minimum atomic E-state index is -3.24. The third-order valence-corrected chi connectivity index (χ3v) is 4.93. The largest absolute Gasteiger partial charge is 0.352 e. The summed E-state index contributed by atoms with van der Waals surface area (Å²) in [6, 6.07) is 3.25. The minimum Gasteiger partial charge on any atom is -0.352 e. The molecule has 1 aromatic heterocycles. The average molecular weight is 267 g/mol. The molecule has 0 spiro atoms. The Kier molecular flexibility index (Phi) is 2.44. The van der Waals surface area contributed by atoms with Crippen molar-refractivity contribution in [1.29, 1.82) is 0 Å². The van der Waals surface area contributed by atoms with E-state index in [0.717, 1.165) is 0 Å². The van der Waals surface area contributed by atoms with Crippen LogP contribution in [0.4, 0.5) is 5.82 Å². The summed E-state index contributed by atoms with van der Waals surface area (Å²) >= 11 is 0. The number of hydrogen-bond acceptors (Lipinski definition) is 5. The molecule has 1 aliphatic heterocycles. The number of aromatic nitrogens is 1. The monoisotopic (exact) mass is 267 g/mol. The smallest absolute Gasteiger partial charge is 0.179 e. The summed E-state index contributed by atoms with van der Waals surface area (Å²) < 4.78 is 23.4.